The minimum atomic E-state index is 0.229. The molecule has 1 atom stereocenters. The van der Waals surface area contributed by atoms with Gasteiger partial charge < -0.3 is 5.32 Å². The molecule has 0 aliphatic heterocycles. The number of nitrogens with one attached hydrogen (secondary N) is 1. The molecule has 1 unspecified atom stereocenters. The molecule has 0 radical (unpaired) electrons. The molecule has 2 rings (SSSR count). The van der Waals surface area contributed by atoms with E-state index in [-0.39, 0.29) is 6.04 Å². The van der Waals surface area contributed by atoms with E-state index in [9.17, 15) is 0 Å². The Hall–Kier alpha value is -1.06. The summed E-state index contributed by atoms with van der Waals surface area (Å²) in [5.74, 6) is 0. The van der Waals surface area contributed by atoms with Crippen LogP contribution in [0.4, 0.5) is 5.69 Å². The van der Waals surface area contributed by atoms with Crippen LogP contribution < -0.4 is 5.32 Å². The van der Waals surface area contributed by atoms with E-state index in [1.54, 1.807) is 11.3 Å². The third kappa shape index (κ3) is 2.36. The lowest BCUT2D eigenvalue weighted by atomic mass is 10.2. The summed E-state index contributed by atoms with van der Waals surface area (Å²) in [6.07, 6.45) is 0. The van der Waals surface area contributed by atoms with Gasteiger partial charge in [0.2, 0.25) is 0 Å². The Morgan fingerprint density at radius 2 is 2.12 bits per heavy atom. The molecule has 0 amide bonds. The molecular formula is C12H13ClN2S. The summed E-state index contributed by atoms with van der Waals surface area (Å²) < 4.78 is 0. The van der Waals surface area contributed by atoms with Gasteiger partial charge in [-0.1, -0.05) is 23.7 Å². The van der Waals surface area contributed by atoms with Crippen molar-refractivity contribution in [2.75, 3.05) is 5.32 Å². The highest BCUT2D eigenvalue weighted by atomic mass is 35.5. The molecule has 16 heavy (non-hydrogen) atoms. The summed E-state index contributed by atoms with van der Waals surface area (Å²) >= 11 is 7.76. The van der Waals surface area contributed by atoms with Crippen molar-refractivity contribution in [2.24, 2.45) is 0 Å². The fourth-order valence-corrected chi connectivity index (χ4v) is 2.60. The smallest absolute Gasteiger partial charge is 0.0798 e. The van der Waals surface area contributed by atoms with Crippen molar-refractivity contribution in [3.8, 4) is 0 Å². The van der Waals surface area contributed by atoms with E-state index in [1.807, 2.05) is 36.7 Å². The van der Waals surface area contributed by atoms with Crippen LogP contribution in [0.15, 0.2) is 29.8 Å². The van der Waals surface area contributed by atoms with Crippen molar-refractivity contribution in [3.05, 3.63) is 45.4 Å². The number of anilines is 1. The Kier molecular flexibility index (Phi) is 3.46. The number of halogens is 1. The van der Waals surface area contributed by atoms with Gasteiger partial charge in [-0.25, -0.2) is 4.98 Å². The van der Waals surface area contributed by atoms with Gasteiger partial charge in [0.05, 0.1) is 28.0 Å². The third-order valence-electron chi connectivity index (χ3n) is 2.42. The molecule has 0 aliphatic carbocycles. The van der Waals surface area contributed by atoms with E-state index in [0.29, 0.717) is 0 Å². The van der Waals surface area contributed by atoms with E-state index in [1.165, 1.54) is 4.88 Å². The van der Waals surface area contributed by atoms with Crippen molar-refractivity contribution in [1.29, 1.82) is 0 Å². The lowest BCUT2D eigenvalue weighted by Crippen LogP contribution is -2.06. The number of para-hydroxylation sites is 1. The van der Waals surface area contributed by atoms with Gasteiger partial charge in [-0.05, 0) is 26.0 Å². The summed E-state index contributed by atoms with van der Waals surface area (Å²) in [6, 6.07) is 7.99. The second-order valence-electron chi connectivity index (χ2n) is 3.65. The van der Waals surface area contributed by atoms with Crippen molar-refractivity contribution < 1.29 is 0 Å². The highest BCUT2D eigenvalue weighted by Crippen LogP contribution is 2.28. The van der Waals surface area contributed by atoms with Crippen molar-refractivity contribution >= 4 is 28.6 Å². The van der Waals surface area contributed by atoms with E-state index in [4.69, 9.17) is 11.6 Å². The van der Waals surface area contributed by atoms with E-state index >= 15 is 0 Å². The second-order valence-corrected chi connectivity index (χ2v) is 4.94. The minimum Gasteiger partial charge on any atom is -0.376 e. The van der Waals surface area contributed by atoms with E-state index < -0.39 is 0 Å². The van der Waals surface area contributed by atoms with Gasteiger partial charge in [-0.2, -0.15) is 0 Å². The number of hydrogen-bond donors (Lipinski definition) is 1. The summed E-state index contributed by atoms with van der Waals surface area (Å²) in [7, 11) is 0. The average molecular weight is 253 g/mol. The molecule has 4 heteroatoms. The molecule has 0 aliphatic rings. The molecule has 1 N–H and O–H groups in total. The van der Waals surface area contributed by atoms with Gasteiger partial charge in [0.15, 0.2) is 0 Å². The highest BCUT2D eigenvalue weighted by Gasteiger charge is 2.11. The first-order valence-corrected chi connectivity index (χ1v) is 6.35. The summed E-state index contributed by atoms with van der Waals surface area (Å²) in [5.41, 5.74) is 3.91. The molecule has 1 aromatic carbocycles. The molecule has 0 bridgehead atoms. The van der Waals surface area contributed by atoms with Gasteiger partial charge in [-0.15, -0.1) is 11.3 Å². The average Bonchev–Trinajstić information content (AvgIpc) is 2.68. The van der Waals surface area contributed by atoms with Crippen LogP contribution >= 0.6 is 22.9 Å². The van der Waals surface area contributed by atoms with Gasteiger partial charge in [-0.3, -0.25) is 0 Å². The Morgan fingerprint density at radius 1 is 1.38 bits per heavy atom. The predicted octanol–water partition coefficient (Wildman–Crippen LogP) is 4.28. The SMILES string of the molecule is Cc1ncsc1C(C)Nc1ccccc1Cl. The van der Waals surface area contributed by atoms with Crippen molar-refractivity contribution in [2.45, 2.75) is 19.9 Å². The molecule has 0 saturated heterocycles. The number of thiazole rings is 1. The van der Waals surface area contributed by atoms with Crippen LogP contribution in [0, 0.1) is 6.92 Å². The molecule has 1 aromatic heterocycles. The molecule has 0 spiro atoms. The van der Waals surface area contributed by atoms with Gasteiger partial charge >= 0.3 is 0 Å². The van der Waals surface area contributed by atoms with Gasteiger partial charge in [0, 0.05) is 4.88 Å². The normalized spacial score (nSPS) is 12.4. The van der Waals surface area contributed by atoms with Gasteiger partial charge in [0.1, 0.15) is 0 Å². The maximum absolute atomic E-state index is 6.09. The quantitative estimate of drug-likeness (QED) is 0.882. The predicted molar refractivity (Wildman–Crippen MR) is 70.3 cm³/mol. The minimum absolute atomic E-state index is 0.229. The third-order valence-corrected chi connectivity index (χ3v) is 3.87. The van der Waals surface area contributed by atoms with E-state index in [0.717, 1.165) is 16.4 Å². The Labute approximate surface area is 104 Å². The number of aromatic nitrogens is 1. The van der Waals surface area contributed by atoms with Crippen LogP contribution in [-0.2, 0) is 0 Å². The summed E-state index contributed by atoms with van der Waals surface area (Å²) in [5, 5.41) is 4.14. The molecule has 0 saturated carbocycles. The van der Waals surface area contributed by atoms with Crippen LogP contribution in [0.5, 0.6) is 0 Å². The number of nitrogens with zero attached hydrogens (tertiary/aromatic N) is 1. The first-order valence-electron chi connectivity index (χ1n) is 5.09. The van der Waals surface area contributed by atoms with Crippen LogP contribution in [-0.4, -0.2) is 4.98 Å². The molecular weight excluding hydrogens is 240 g/mol. The Balaban J connectivity index is 2.17. The maximum Gasteiger partial charge on any atom is 0.0798 e. The van der Waals surface area contributed by atoms with E-state index in [2.05, 4.69) is 17.2 Å². The zero-order valence-electron chi connectivity index (χ0n) is 9.20. The standard InChI is InChI=1S/C12H13ClN2S/c1-8-12(16-7-14-8)9(2)15-11-6-4-3-5-10(11)13/h3-7,9,15H,1-2H3. The van der Waals surface area contributed by atoms with Crippen LogP contribution in [0.1, 0.15) is 23.5 Å². The lowest BCUT2D eigenvalue weighted by molar-refractivity contribution is 0.890. The maximum atomic E-state index is 6.09. The second kappa shape index (κ2) is 4.85. The Bertz CT molecular complexity index is 481. The number of hydrogen-bond acceptors (Lipinski definition) is 3. The largest absolute Gasteiger partial charge is 0.376 e. The molecule has 2 aromatic rings. The monoisotopic (exact) mass is 252 g/mol. The summed E-state index contributed by atoms with van der Waals surface area (Å²) in [4.78, 5) is 5.50. The summed E-state index contributed by atoms with van der Waals surface area (Å²) in [6.45, 7) is 4.14. The Morgan fingerprint density at radius 3 is 2.75 bits per heavy atom. The molecule has 0 fully saturated rings. The number of rotatable bonds is 3. The van der Waals surface area contributed by atoms with Crippen LogP contribution in [0.25, 0.3) is 0 Å². The number of benzene rings is 1. The van der Waals surface area contributed by atoms with Crippen molar-refractivity contribution in [3.63, 3.8) is 0 Å². The zero-order chi connectivity index (χ0) is 11.5. The van der Waals surface area contributed by atoms with Gasteiger partial charge in [0.25, 0.3) is 0 Å². The topological polar surface area (TPSA) is 24.9 Å². The highest BCUT2D eigenvalue weighted by molar-refractivity contribution is 7.09. The molecule has 1 heterocycles. The zero-order valence-corrected chi connectivity index (χ0v) is 10.8. The lowest BCUT2D eigenvalue weighted by Gasteiger charge is -2.15. The van der Waals surface area contributed by atoms with Crippen molar-refractivity contribution in [1.82, 2.24) is 4.98 Å². The fourth-order valence-electron chi connectivity index (χ4n) is 1.60. The first kappa shape index (κ1) is 11.4. The number of aryl methyl sites for hydroxylation is 1. The van der Waals surface area contributed by atoms with Crippen LogP contribution in [0.3, 0.4) is 0 Å². The van der Waals surface area contributed by atoms with Crippen LogP contribution in [0.2, 0.25) is 5.02 Å². The molecule has 84 valence electrons. The first-order chi connectivity index (χ1) is 7.68. The molecule has 2 nitrogen and oxygen atoms in total. The fraction of sp³-hybridized carbons (Fsp3) is 0.250.